The Balaban J connectivity index is 2.26. The largest absolute Gasteiger partial charge is 0.508 e. The third kappa shape index (κ3) is 5.85. The molecule has 0 amide bonds. The minimum absolute atomic E-state index is 0.182. The summed E-state index contributed by atoms with van der Waals surface area (Å²) in [4.78, 5) is 9.45. The fraction of sp³-hybridized carbons (Fsp3) is 0.333. The number of hydrogen-bond acceptors (Lipinski definition) is 3. The highest BCUT2D eigenvalue weighted by molar-refractivity contribution is 9.11. The summed E-state index contributed by atoms with van der Waals surface area (Å²) >= 11 is 7.00. The van der Waals surface area contributed by atoms with Crippen molar-refractivity contribution in [3.8, 4) is 17.2 Å². The number of ether oxygens (including phenoxy) is 1. The van der Waals surface area contributed by atoms with Crippen molar-refractivity contribution in [1.29, 1.82) is 0 Å². The van der Waals surface area contributed by atoms with E-state index in [1.54, 1.807) is 12.1 Å². The van der Waals surface area contributed by atoms with E-state index in [1.165, 1.54) is 6.66 Å². The van der Waals surface area contributed by atoms with Gasteiger partial charge in [-0.1, -0.05) is 13.8 Å². The molecule has 0 fully saturated rings. The molecule has 0 spiro atoms. The molecule has 0 radical (unpaired) electrons. The SMILES string of the molecule is CC(C)c1cc(Oc2c(Br)cc(CCP(C)(=O)O)cc2Br)ccc1O. The third-order valence-corrected chi connectivity index (χ3v) is 5.95. The van der Waals surface area contributed by atoms with Gasteiger partial charge in [-0.05, 0) is 80.1 Å². The molecular weight excluding hydrogens is 471 g/mol. The van der Waals surface area contributed by atoms with Crippen molar-refractivity contribution >= 4 is 39.2 Å². The summed E-state index contributed by atoms with van der Waals surface area (Å²) in [6, 6.07) is 8.94. The van der Waals surface area contributed by atoms with Gasteiger partial charge < -0.3 is 14.7 Å². The predicted octanol–water partition coefficient (Wildman–Crippen LogP) is 6.28. The van der Waals surface area contributed by atoms with Gasteiger partial charge in [0.15, 0.2) is 13.1 Å². The van der Waals surface area contributed by atoms with E-state index in [-0.39, 0.29) is 17.8 Å². The minimum Gasteiger partial charge on any atom is -0.508 e. The topological polar surface area (TPSA) is 66.8 Å². The molecule has 0 aliphatic carbocycles. The maximum Gasteiger partial charge on any atom is 0.197 e. The van der Waals surface area contributed by atoms with Crippen LogP contribution in [0.2, 0.25) is 0 Å². The highest BCUT2D eigenvalue weighted by Crippen LogP contribution is 2.41. The van der Waals surface area contributed by atoms with Crippen LogP contribution in [-0.2, 0) is 11.0 Å². The molecule has 2 rings (SSSR count). The molecule has 0 aliphatic heterocycles. The minimum atomic E-state index is -3.03. The van der Waals surface area contributed by atoms with Gasteiger partial charge in [0.2, 0.25) is 0 Å². The van der Waals surface area contributed by atoms with E-state index in [0.29, 0.717) is 17.9 Å². The van der Waals surface area contributed by atoms with Gasteiger partial charge in [0.25, 0.3) is 0 Å². The molecular formula is C18H21Br2O4P. The van der Waals surface area contributed by atoms with Gasteiger partial charge >= 0.3 is 0 Å². The average Bonchev–Trinajstić information content (AvgIpc) is 2.49. The van der Waals surface area contributed by atoms with Crippen LogP contribution in [0.1, 0.15) is 30.9 Å². The summed E-state index contributed by atoms with van der Waals surface area (Å²) in [6.45, 7) is 5.38. The zero-order chi connectivity index (χ0) is 18.8. The molecule has 2 aromatic carbocycles. The first-order valence-electron chi connectivity index (χ1n) is 7.85. The first-order chi connectivity index (χ1) is 11.6. The van der Waals surface area contributed by atoms with Gasteiger partial charge in [-0.2, -0.15) is 0 Å². The van der Waals surface area contributed by atoms with E-state index in [2.05, 4.69) is 31.9 Å². The number of phenols is 1. The fourth-order valence-corrected chi connectivity index (χ4v) is 4.48. The Labute approximate surface area is 164 Å². The quantitative estimate of drug-likeness (QED) is 0.467. The molecule has 136 valence electrons. The molecule has 1 atom stereocenters. The second-order valence-corrected chi connectivity index (χ2v) is 10.6. The predicted molar refractivity (Wildman–Crippen MR) is 108 cm³/mol. The first-order valence-corrected chi connectivity index (χ1v) is 11.7. The Morgan fingerprint density at radius 2 is 1.76 bits per heavy atom. The number of rotatable bonds is 6. The fourth-order valence-electron chi connectivity index (χ4n) is 2.37. The summed E-state index contributed by atoms with van der Waals surface area (Å²) in [5, 5.41) is 9.92. The van der Waals surface area contributed by atoms with E-state index < -0.39 is 7.37 Å². The molecule has 0 bridgehead atoms. The standard InChI is InChI=1S/C18H21Br2O4P/c1-11(2)14-10-13(4-5-17(14)21)24-18-15(19)8-12(9-16(18)20)6-7-25(3,22)23/h4-5,8-11,21H,6-7H2,1-3H3,(H,22,23). The lowest BCUT2D eigenvalue weighted by Gasteiger charge is -2.15. The maximum absolute atomic E-state index is 11.5. The van der Waals surface area contributed by atoms with Crippen LogP contribution >= 0.6 is 39.2 Å². The van der Waals surface area contributed by atoms with Crippen LogP contribution in [0.25, 0.3) is 0 Å². The molecule has 0 aliphatic rings. The Morgan fingerprint density at radius 3 is 2.28 bits per heavy atom. The number of phenolic OH excluding ortho intramolecular Hbond substituents is 1. The van der Waals surface area contributed by atoms with Crippen molar-refractivity contribution in [1.82, 2.24) is 0 Å². The Hall–Kier alpha value is -0.810. The highest BCUT2D eigenvalue weighted by atomic mass is 79.9. The molecule has 2 N–H and O–H groups in total. The highest BCUT2D eigenvalue weighted by Gasteiger charge is 2.15. The zero-order valence-electron chi connectivity index (χ0n) is 14.3. The molecule has 0 saturated heterocycles. The van der Waals surface area contributed by atoms with Crippen LogP contribution in [0.5, 0.6) is 17.2 Å². The Bertz CT molecular complexity index is 792. The molecule has 1 unspecified atom stereocenters. The number of aryl methyl sites for hydroxylation is 1. The lowest BCUT2D eigenvalue weighted by molar-refractivity contribution is 0.453. The van der Waals surface area contributed by atoms with Gasteiger partial charge in [0.1, 0.15) is 11.5 Å². The summed E-state index contributed by atoms with van der Waals surface area (Å²) in [5.41, 5.74) is 1.76. The van der Waals surface area contributed by atoms with Gasteiger partial charge in [-0.3, -0.25) is 4.57 Å². The van der Waals surface area contributed by atoms with Gasteiger partial charge in [0, 0.05) is 18.4 Å². The molecule has 2 aromatic rings. The number of benzene rings is 2. The summed E-state index contributed by atoms with van der Waals surface area (Å²) < 4.78 is 18.9. The lowest BCUT2D eigenvalue weighted by atomic mass is 10.0. The van der Waals surface area contributed by atoms with Crippen LogP contribution in [0, 0.1) is 0 Å². The van der Waals surface area contributed by atoms with E-state index in [1.807, 2.05) is 32.0 Å². The molecule has 4 nitrogen and oxygen atoms in total. The van der Waals surface area contributed by atoms with Crippen LogP contribution in [-0.4, -0.2) is 22.8 Å². The maximum atomic E-state index is 11.5. The van der Waals surface area contributed by atoms with Gasteiger partial charge in [0.05, 0.1) is 8.95 Å². The van der Waals surface area contributed by atoms with Crippen LogP contribution in [0.3, 0.4) is 0 Å². The van der Waals surface area contributed by atoms with E-state index >= 15 is 0 Å². The molecule has 7 heteroatoms. The van der Waals surface area contributed by atoms with Gasteiger partial charge in [-0.25, -0.2) is 0 Å². The summed E-state index contributed by atoms with van der Waals surface area (Å²) in [5.74, 6) is 1.68. The first kappa shape index (κ1) is 20.5. The second-order valence-electron chi connectivity index (χ2n) is 6.39. The number of aromatic hydroxyl groups is 1. The third-order valence-electron chi connectivity index (χ3n) is 3.71. The monoisotopic (exact) mass is 490 g/mol. The van der Waals surface area contributed by atoms with Gasteiger partial charge in [-0.15, -0.1) is 0 Å². The normalized spacial score (nSPS) is 13.7. The van der Waals surface area contributed by atoms with Crippen molar-refractivity contribution in [3.05, 3.63) is 50.4 Å². The van der Waals surface area contributed by atoms with Crippen molar-refractivity contribution in [2.24, 2.45) is 0 Å². The van der Waals surface area contributed by atoms with Crippen molar-refractivity contribution in [2.75, 3.05) is 12.8 Å². The number of hydrogen-bond donors (Lipinski definition) is 2. The number of halogens is 2. The van der Waals surface area contributed by atoms with Crippen molar-refractivity contribution < 1.29 is 19.3 Å². The van der Waals surface area contributed by atoms with Crippen molar-refractivity contribution in [3.63, 3.8) is 0 Å². The summed E-state index contributed by atoms with van der Waals surface area (Å²) in [6.07, 6.45) is 0.750. The van der Waals surface area contributed by atoms with Crippen molar-refractivity contribution in [2.45, 2.75) is 26.2 Å². The van der Waals surface area contributed by atoms with Crippen LogP contribution in [0.4, 0.5) is 0 Å². The summed E-state index contributed by atoms with van der Waals surface area (Å²) in [7, 11) is -3.03. The Kier molecular flexibility index (Phi) is 6.77. The molecule has 0 aromatic heterocycles. The second kappa shape index (κ2) is 8.26. The molecule has 0 saturated carbocycles. The smallest absolute Gasteiger partial charge is 0.197 e. The van der Waals surface area contributed by atoms with E-state index in [4.69, 9.17) is 4.74 Å². The average molecular weight is 492 g/mol. The van der Waals surface area contributed by atoms with E-state index in [0.717, 1.165) is 20.1 Å². The Morgan fingerprint density at radius 1 is 1.16 bits per heavy atom. The molecule has 0 heterocycles. The lowest BCUT2D eigenvalue weighted by Crippen LogP contribution is -1.96. The van der Waals surface area contributed by atoms with E-state index in [9.17, 15) is 14.6 Å². The van der Waals surface area contributed by atoms with Crippen LogP contribution < -0.4 is 4.74 Å². The molecule has 25 heavy (non-hydrogen) atoms. The van der Waals surface area contributed by atoms with Crippen LogP contribution in [0.15, 0.2) is 39.3 Å². The zero-order valence-corrected chi connectivity index (χ0v) is 18.4.